The van der Waals surface area contributed by atoms with Gasteiger partial charge in [-0.05, 0) is 38.1 Å². The highest BCUT2D eigenvalue weighted by Gasteiger charge is 2.33. The molecular weight excluding hydrogens is 268 g/mol. The summed E-state index contributed by atoms with van der Waals surface area (Å²) in [6.45, 7) is 4.58. The van der Waals surface area contributed by atoms with Crippen LogP contribution in [0.2, 0.25) is 0 Å². The molecule has 21 heavy (non-hydrogen) atoms. The molecule has 0 spiro atoms. The van der Waals surface area contributed by atoms with E-state index in [0.29, 0.717) is 12.5 Å². The summed E-state index contributed by atoms with van der Waals surface area (Å²) in [6, 6.07) is -0.375. The number of hydrogen-bond acceptors (Lipinski definition) is 4. The van der Waals surface area contributed by atoms with Crippen LogP contribution in [0.4, 0.5) is 0 Å². The van der Waals surface area contributed by atoms with E-state index in [-0.39, 0.29) is 6.04 Å². The van der Waals surface area contributed by atoms with Gasteiger partial charge in [-0.15, -0.1) is 10.2 Å². The van der Waals surface area contributed by atoms with Gasteiger partial charge in [-0.1, -0.05) is 13.3 Å². The first-order valence-corrected chi connectivity index (χ1v) is 8.06. The minimum absolute atomic E-state index is 0.375. The summed E-state index contributed by atoms with van der Waals surface area (Å²) in [5.41, 5.74) is 0. The molecule has 0 amide bonds. The van der Waals surface area contributed by atoms with Crippen molar-refractivity contribution in [1.29, 1.82) is 0 Å². The Morgan fingerprint density at radius 1 is 1.33 bits per heavy atom. The number of piperidine rings is 1. The van der Waals surface area contributed by atoms with Crippen LogP contribution in [-0.2, 0) is 24.3 Å². The molecule has 1 aromatic heterocycles. The van der Waals surface area contributed by atoms with Crippen LogP contribution in [0.25, 0.3) is 0 Å². The standard InChI is InChI=1S/C15H24N4O2/c1-2-11-6-8-18(12(9-11)15(20)21)10-14-17-16-13-5-3-4-7-19(13)14/h11-12H,2-10H2,1H3,(H,20,21). The Morgan fingerprint density at radius 3 is 2.95 bits per heavy atom. The molecule has 2 aliphatic rings. The van der Waals surface area contributed by atoms with Gasteiger partial charge >= 0.3 is 5.97 Å². The quantitative estimate of drug-likeness (QED) is 0.914. The summed E-state index contributed by atoms with van der Waals surface area (Å²) in [7, 11) is 0. The molecule has 0 bridgehead atoms. The highest BCUT2D eigenvalue weighted by molar-refractivity contribution is 5.73. The Labute approximate surface area is 125 Å². The maximum atomic E-state index is 11.6. The molecule has 1 aromatic rings. The lowest BCUT2D eigenvalue weighted by Gasteiger charge is -2.36. The first-order chi connectivity index (χ1) is 10.2. The minimum Gasteiger partial charge on any atom is -0.480 e. The lowest BCUT2D eigenvalue weighted by Crippen LogP contribution is -2.47. The zero-order valence-electron chi connectivity index (χ0n) is 12.7. The topological polar surface area (TPSA) is 71.2 Å². The van der Waals surface area contributed by atoms with Crippen LogP contribution in [0.15, 0.2) is 0 Å². The van der Waals surface area contributed by atoms with Gasteiger partial charge < -0.3 is 9.67 Å². The first kappa shape index (κ1) is 14.5. The molecule has 1 N–H and O–H groups in total. The maximum Gasteiger partial charge on any atom is 0.320 e. The lowest BCUT2D eigenvalue weighted by molar-refractivity contribution is -0.145. The van der Waals surface area contributed by atoms with Crippen molar-refractivity contribution >= 4 is 5.97 Å². The maximum absolute atomic E-state index is 11.6. The summed E-state index contributed by atoms with van der Waals surface area (Å²) in [4.78, 5) is 13.6. The molecule has 1 saturated heterocycles. The molecular formula is C15H24N4O2. The number of likely N-dealkylation sites (tertiary alicyclic amines) is 1. The van der Waals surface area contributed by atoms with Crippen LogP contribution in [0.1, 0.15) is 50.7 Å². The fraction of sp³-hybridized carbons (Fsp3) is 0.800. The van der Waals surface area contributed by atoms with E-state index in [9.17, 15) is 9.90 Å². The Hall–Kier alpha value is -1.43. The highest BCUT2D eigenvalue weighted by Crippen LogP contribution is 2.27. The number of rotatable bonds is 4. The van der Waals surface area contributed by atoms with Crippen LogP contribution < -0.4 is 0 Å². The Balaban J connectivity index is 1.74. The molecule has 0 radical (unpaired) electrons. The third-order valence-electron chi connectivity index (χ3n) is 4.96. The van der Waals surface area contributed by atoms with Gasteiger partial charge in [-0.2, -0.15) is 0 Å². The second-order valence-corrected chi connectivity index (χ2v) is 6.26. The molecule has 3 heterocycles. The predicted molar refractivity (Wildman–Crippen MR) is 77.8 cm³/mol. The van der Waals surface area contributed by atoms with Gasteiger partial charge in [0, 0.05) is 13.0 Å². The lowest BCUT2D eigenvalue weighted by atomic mass is 9.89. The van der Waals surface area contributed by atoms with E-state index in [1.165, 1.54) is 6.42 Å². The van der Waals surface area contributed by atoms with Gasteiger partial charge in [-0.3, -0.25) is 9.69 Å². The number of aliphatic carboxylic acids is 1. The summed E-state index contributed by atoms with van der Waals surface area (Å²) >= 11 is 0. The molecule has 2 aliphatic heterocycles. The van der Waals surface area contributed by atoms with Gasteiger partial charge in [-0.25, -0.2) is 0 Å². The Kier molecular flexibility index (Phi) is 4.24. The monoisotopic (exact) mass is 292 g/mol. The third-order valence-corrected chi connectivity index (χ3v) is 4.96. The van der Waals surface area contributed by atoms with E-state index in [1.807, 2.05) is 0 Å². The Morgan fingerprint density at radius 2 is 2.19 bits per heavy atom. The Bertz CT molecular complexity index is 514. The summed E-state index contributed by atoms with van der Waals surface area (Å²) in [5, 5.41) is 18.1. The van der Waals surface area contributed by atoms with Crippen LogP contribution in [-0.4, -0.2) is 43.3 Å². The number of nitrogens with zero attached hydrogens (tertiary/aromatic N) is 4. The fourth-order valence-electron chi connectivity index (χ4n) is 3.57. The van der Waals surface area contributed by atoms with Crippen LogP contribution >= 0.6 is 0 Å². The SMILES string of the molecule is CCC1CCN(Cc2nnc3n2CCCC3)C(C(=O)O)C1. The number of aromatic nitrogens is 3. The second-order valence-electron chi connectivity index (χ2n) is 6.26. The number of aryl methyl sites for hydroxylation is 1. The smallest absolute Gasteiger partial charge is 0.320 e. The van der Waals surface area contributed by atoms with Gasteiger partial charge in [0.2, 0.25) is 0 Å². The average Bonchev–Trinajstić information content (AvgIpc) is 2.91. The average molecular weight is 292 g/mol. The molecule has 0 aliphatic carbocycles. The molecule has 2 unspecified atom stereocenters. The highest BCUT2D eigenvalue weighted by atomic mass is 16.4. The summed E-state index contributed by atoms with van der Waals surface area (Å²) in [5.74, 6) is 1.83. The van der Waals surface area contributed by atoms with E-state index in [1.54, 1.807) is 0 Å². The van der Waals surface area contributed by atoms with E-state index < -0.39 is 5.97 Å². The van der Waals surface area contributed by atoms with Crippen LogP contribution in [0, 0.1) is 5.92 Å². The zero-order valence-corrected chi connectivity index (χ0v) is 12.7. The van der Waals surface area contributed by atoms with Crippen molar-refractivity contribution in [2.45, 2.75) is 64.6 Å². The molecule has 6 nitrogen and oxygen atoms in total. The number of hydrogen-bond donors (Lipinski definition) is 1. The molecule has 6 heteroatoms. The van der Waals surface area contributed by atoms with Crippen molar-refractivity contribution in [3.05, 3.63) is 11.6 Å². The number of carbonyl (C=O) groups is 1. The number of carboxylic acid groups (broad SMARTS) is 1. The second kappa shape index (κ2) is 6.13. The summed E-state index contributed by atoms with van der Waals surface area (Å²) < 4.78 is 2.19. The largest absolute Gasteiger partial charge is 0.480 e. The van der Waals surface area contributed by atoms with Gasteiger partial charge in [0.15, 0.2) is 0 Å². The minimum atomic E-state index is -0.702. The number of carboxylic acids is 1. The first-order valence-electron chi connectivity index (χ1n) is 8.06. The van der Waals surface area contributed by atoms with E-state index in [2.05, 4.69) is 26.6 Å². The third kappa shape index (κ3) is 2.95. The van der Waals surface area contributed by atoms with Gasteiger partial charge in [0.25, 0.3) is 0 Å². The van der Waals surface area contributed by atoms with Crippen molar-refractivity contribution in [3.63, 3.8) is 0 Å². The molecule has 2 atom stereocenters. The molecule has 0 saturated carbocycles. The molecule has 1 fully saturated rings. The van der Waals surface area contributed by atoms with E-state index >= 15 is 0 Å². The van der Waals surface area contributed by atoms with Crippen molar-refractivity contribution in [2.75, 3.05) is 6.54 Å². The normalized spacial score (nSPS) is 26.5. The van der Waals surface area contributed by atoms with Gasteiger partial charge in [0.1, 0.15) is 17.7 Å². The van der Waals surface area contributed by atoms with Crippen LogP contribution in [0.3, 0.4) is 0 Å². The molecule has 3 rings (SSSR count). The van der Waals surface area contributed by atoms with Crippen molar-refractivity contribution < 1.29 is 9.90 Å². The predicted octanol–water partition coefficient (Wildman–Crippen LogP) is 1.69. The number of fused-ring (bicyclic) bond motifs is 1. The van der Waals surface area contributed by atoms with Crippen molar-refractivity contribution in [3.8, 4) is 0 Å². The fourth-order valence-corrected chi connectivity index (χ4v) is 3.57. The van der Waals surface area contributed by atoms with Gasteiger partial charge in [0.05, 0.1) is 6.54 Å². The molecule has 116 valence electrons. The molecule has 0 aromatic carbocycles. The van der Waals surface area contributed by atoms with Crippen molar-refractivity contribution in [1.82, 2.24) is 19.7 Å². The zero-order chi connectivity index (χ0) is 14.8. The van der Waals surface area contributed by atoms with Crippen molar-refractivity contribution in [2.24, 2.45) is 5.92 Å². The van der Waals surface area contributed by atoms with E-state index in [4.69, 9.17) is 0 Å². The summed E-state index contributed by atoms with van der Waals surface area (Å²) in [6.07, 6.45) is 6.25. The van der Waals surface area contributed by atoms with E-state index in [0.717, 1.165) is 56.8 Å². The van der Waals surface area contributed by atoms with Crippen LogP contribution in [0.5, 0.6) is 0 Å².